The van der Waals surface area contributed by atoms with Crippen LogP contribution >= 0.6 is 15.9 Å². The number of fused-ring (bicyclic) bond motifs is 1. The van der Waals surface area contributed by atoms with Gasteiger partial charge in [0, 0.05) is 12.4 Å². The fraction of sp³-hybridized carbons (Fsp3) is 0.273. The number of nitrogens with zero attached hydrogens (tertiary/aromatic N) is 2. The lowest BCUT2D eigenvalue weighted by atomic mass is 10.1. The van der Waals surface area contributed by atoms with E-state index in [2.05, 4.69) is 20.9 Å². The van der Waals surface area contributed by atoms with Crippen LogP contribution in [0.4, 0.5) is 0 Å². The molecular formula is C11H11BrN2O. The molecule has 0 aliphatic carbocycles. The zero-order valence-electron chi connectivity index (χ0n) is 8.62. The average molecular weight is 267 g/mol. The van der Waals surface area contributed by atoms with Gasteiger partial charge in [-0.1, -0.05) is 22.0 Å². The fourth-order valence-corrected chi connectivity index (χ4v) is 1.86. The Morgan fingerprint density at radius 1 is 1.47 bits per heavy atom. The van der Waals surface area contributed by atoms with E-state index in [0.717, 1.165) is 22.2 Å². The van der Waals surface area contributed by atoms with E-state index >= 15 is 0 Å². The maximum atomic E-state index is 11.9. The zero-order valence-corrected chi connectivity index (χ0v) is 10.2. The molecule has 0 atom stereocenters. The zero-order chi connectivity index (χ0) is 11.0. The minimum atomic E-state index is 0.0142. The van der Waals surface area contributed by atoms with E-state index in [1.165, 1.54) is 0 Å². The van der Waals surface area contributed by atoms with Crippen molar-refractivity contribution in [2.24, 2.45) is 7.05 Å². The minimum Gasteiger partial charge on any atom is -0.299 e. The number of aromatic nitrogens is 2. The van der Waals surface area contributed by atoms with Gasteiger partial charge >= 0.3 is 0 Å². The minimum absolute atomic E-state index is 0.0142. The summed E-state index contributed by atoms with van der Waals surface area (Å²) in [6, 6.07) is 5.75. The summed E-state index contributed by atoms with van der Waals surface area (Å²) in [5.74, 6) is 0.735. The molecule has 1 aromatic heterocycles. The molecule has 2 rings (SSSR count). The Labute approximate surface area is 95.9 Å². The van der Waals surface area contributed by atoms with E-state index in [1.54, 1.807) is 11.6 Å². The molecule has 0 aliphatic heterocycles. The van der Waals surface area contributed by atoms with Crippen molar-refractivity contribution in [1.82, 2.24) is 9.55 Å². The molecule has 0 saturated carbocycles. The van der Waals surface area contributed by atoms with Crippen LogP contribution in [0.5, 0.6) is 0 Å². The van der Waals surface area contributed by atoms with E-state index in [0.29, 0.717) is 5.39 Å². The largest absolute Gasteiger partial charge is 0.299 e. The number of halogens is 1. The Morgan fingerprint density at radius 3 is 2.87 bits per heavy atom. The van der Waals surface area contributed by atoms with Crippen LogP contribution in [0.3, 0.4) is 0 Å². The Bertz CT molecular complexity index is 575. The lowest BCUT2D eigenvalue weighted by molar-refractivity contribution is 0.792. The molecule has 3 nitrogen and oxygen atoms in total. The predicted molar refractivity (Wildman–Crippen MR) is 64.4 cm³/mol. The summed E-state index contributed by atoms with van der Waals surface area (Å²) >= 11 is 3.37. The van der Waals surface area contributed by atoms with Crippen LogP contribution in [0.1, 0.15) is 11.4 Å². The van der Waals surface area contributed by atoms with Gasteiger partial charge in [-0.15, -0.1) is 0 Å². The van der Waals surface area contributed by atoms with Crippen molar-refractivity contribution in [1.29, 1.82) is 0 Å². The maximum Gasteiger partial charge on any atom is 0.261 e. The lowest BCUT2D eigenvalue weighted by Gasteiger charge is -2.05. The number of rotatable bonds is 1. The van der Waals surface area contributed by atoms with Gasteiger partial charge in [-0.05, 0) is 24.6 Å². The number of benzene rings is 1. The third kappa shape index (κ3) is 1.69. The van der Waals surface area contributed by atoms with E-state index < -0.39 is 0 Å². The van der Waals surface area contributed by atoms with Crippen molar-refractivity contribution in [3.8, 4) is 0 Å². The SMILES string of the molecule is Cc1nc2ccc(CBr)cc2c(=O)n1C. The number of hydrogen-bond acceptors (Lipinski definition) is 2. The summed E-state index contributed by atoms with van der Waals surface area (Å²) in [4.78, 5) is 16.3. The number of alkyl halides is 1. The van der Waals surface area contributed by atoms with Crippen LogP contribution in [0.2, 0.25) is 0 Å². The molecule has 0 N–H and O–H groups in total. The number of hydrogen-bond donors (Lipinski definition) is 0. The molecule has 4 heteroatoms. The second-order valence-electron chi connectivity index (χ2n) is 3.51. The number of aryl methyl sites for hydroxylation is 1. The van der Waals surface area contributed by atoms with Gasteiger partial charge < -0.3 is 0 Å². The molecule has 1 heterocycles. The molecule has 0 aliphatic rings. The Hall–Kier alpha value is -1.16. The molecule has 0 unspecified atom stereocenters. The van der Waals surface area contributed by atoms with Gasteiger partial charge in [0.25, 0.3) is 5.56 Å². The summed E-state index contributed by atoms with van der Waals surface area (Å²) in [7, 11) is 1.74. The molecule has 1 aromatic carbocycles. The second-order valence-corrected chi connectivity index (χ2v) is 4.07. The standard InChI is InChI=1S/C11H11BrN2O/c1-7-13-10-4-3-8(6-12)5-9(10)11(15)14(7)2/h3-5H,6H2,1-2H3. The Balaban J connectivity index is 2.88. The molecule has 0 bridgehead atoms. The van der Waals surface area contributed by atoms with Crippen LogP contribution in [0.25, 0.3) is 10.9 Å². The van der Waals surface area contributed by atoms with Gasteiger partial charge in [0.1, 0.15) is 5.82 Å². The van der Waals surface area contributed by atoms with Gasteiger partial charge in [-0.2, -0.15) is 0 Å². The summed E-state index contributed by atoms with van der Waals surface area (Å²) in [5.41, 5.74) is 1.87. The molecule has 78 valence electrons. The quantitative estimate of drug-likeness (QED) is 0.742. The molecule has 0 fully saturated rings. The van der Waals surface area contributed by atoms with Crippen molar-refractivity contribution in [3.05, 3.63) is 39.9 Å². The third-order valence-electron chi connectivity index (χ3n) is 2.52. The van der Waals surface area contributed by atoms with E-state index in [9.17, 15) is 4.79 Å². The normalized spacial score (nSPS) is 10.9. The van der Waals surface area contributed by atoms with Gasteiger partial charge in [0.2, 0.25) is 0 Å². The highest BCUT2D eigenvalue weighted by Crippen LogP contribution is 2.13. The van der Waals surface area contributed by atoms with Crippen molar-refractivity contribution in [2.75, 3.05) is 0 Å². The maximum absolute atomic E-state index is 11.9. The first-order chi connectivity index (χ1) is 7.13. The van der Waals surface area contributed by atoms with Crippen LogP contribution in [-0.2, 0) is 12.4 Å². The highest BCUT2D eigenvalue weighted by molar-refractivity contribution is 9.08. The molecule has 0 saturated heterocycles. The fourth-order valence-electron chi connectivity index (χ4n) is 1.51. The first-order valence-corrected chi connectivity index (χ1v) is 5.78. The van der Waals surface area contributed by atoms with Crippen LogP contribution in [-0.4, -0.2) is 9.55 Å². The summed E-state index contributed by atoms with van der Waals surface area (Å²) < 4.78 is 1.57. The smallest absolute Gasteiger partial charge is 0.261 e. The molecule has 2 aromatic rings. The van der Waals surface area contributed by atoms with Gasteiger partial charge in [0.05, 0.1) is 10.9 Å². The van der Waals surface area contributed by atoms with E-state index in [4.69, 9.17) is 0 Å². The van der Waals surface area contributed by atoms with Crippen molar-refractivity contribution < 1.29 is 0 Å². The highest BCUT2D eigenvalue weighted by atomic mass is 79.9. The molecule has 0 amide bonds. The highest BCUT2D eigenvalue weighted by Gasteiger charge is 2.05. The van der Waals surface area contributed by atoms with Gasteiger partial charge in [-0.3, -0.25) is 9.36 Å². The van der Waals surface area contributed by atoms with Crippen molar-refractivity contribution in [2.45, 2.75) is 12.3 Å². The van der Waals surface area contributed by atoms with Gasteiger partial charge in [0.15, 0.2) is 0 Å². The molecule has 15 heavy (non-hydrogen) atoms. The molecule has 0 radical (unpaired) electrons. The summed E-state index contributed by atoms with van der Waals surface area (Å²) in [5, 5.41) is 1.43. The van der Waals surface area contributed by atoms with Gasteiger partial charge in [-0.25, -0.2) is 4.98 Å². The van der Waals surface area contributed by atoms with Crippen molar-refractivity contribution in [3.63, 3.8) is 0 Å². The lowest BCUT2D eigenvalue weighted by Crippen LogP contribution is -2.20. The van der Waals surface area contributed by atoms with Crippen LogP contribution < -0.4 is 5.56 Å². The Morgan fingerprint density at radius 2 is 2.20 bits per heavy atom. The third-order valence-corrected chi connectivity index (χ3v) is 3.17. The average Bonchev–Trinajstić information content (AvgIpc) is 2.26. The van der Waals surface area contributed by atoms with Crippen molar-refractivity contribution >= 4 is 26.8 Å². The Kier molecular flexibility index (Phi) is 2.61. The monoisotopic (exact) mass is 266 g/mol. The predicted octanol–water partition coefficient (Wildman–Crippen LogP) is 2.14. The first kappa shape index (κ1) is 10.4. The van der Waals surface area contributed by atoms with Crippen LogP contribution in [0.15, 0.2) is 23.0 Å². The van der Waals surface area contributed by atoms with E-state index in [-0.39, 0.29) is 5.56 Å². The first-order valence-electron chi connectivity index (χ1n) is 4.65. The van der Waals surface area contributed by atoms with E-state index in [1.807, 2.05) is 25.1 Å². The molecular weight excluding hydrogens is 256 g/mol. The summed E-state index contributed by atoms with van der Waals surface area (Å²) in [6.07, 6.45) is 0. The van der Waals surface area contributed by atoms with Crippen LogP contribution in [0, 0.1) is 6.92 Å². The molecule has 0 spiro atoms. The second kappa shape index (κ2) is 3.77. The summed E-state index contributed by atoms with van der Waals surface area (Å²) in [6.45, 7) is 1.83. The topological polar surface area (TPSA) is 34.9 Å².